The Bertz CT molecular complexity index is 4390. The first-order chi connectivity index (χ1) is 47.0. The van der Waals surface area contributed by atoms with Crippen LogP contribution in [-0.2, 0) is 14.2 Å². The van der Waals surface area contributed by atoms with E-state index in [1.807, 2.05) is 149 Å². The number of para-hydroxylation sites is 5. The van der Waals surface area contributed by atoms with Crippen molar-refractivity contribution in [3.05, 3.63) is 231 Å². The lowest BCUT2D eigenvalue weighted by Gasteiger charge is -2.29. The van der Waals surface area contributed by atoms with Crippen LogP contribution in [0.3, 0.4) is 0 Å². The third-order valence-electron chi connectivity index (χ3n) is 15.4. The highest BCUT2D eigenvalue weighted by molar-refractivity contribution is 6.35. The van der Waals surface area contributed by atoms with Gasteiger partial charge in [0, 0.05) is 89.4 Å². The van der Waals surface area contributed by atoms with E-state index < -0.39 is 11.9 Å². The van der Waals surface area contributed by atoms with E-state index in [1.54, 1.807) is 48.5 Å². The average molecular weight is 1350 g/mol. The summed E-state index contributed by atoms with van der Waals surface area (Å²) in [5.41, 5.74) is 22.9. The molecule has 0 bridgehead atoms. The third-order valence-corrected chi connectivity index (χ3v) is 15.8. The molecule has 22 nitrogen and oxygen atoms in total. The molecule has 3 aromatic heterocycles. The molecule has 0 spiro atoms. The molecule has 8 aromatic carbocycles. The molecule has 6 heterocycles. The number of benzene rings is 8. The lowest BCUT2D eigenvalue weighted by atomic mass is 10.1. The lowest BCUT2D eigenvalue weighted by Crippen LogP contribution is -2.37. The first-order valence-corrected chi connectivity index (χ1v) is 32.0. The van der Waals surface area contributed by atoms with Crippen LogP contribution in [0.15, 0.2) is 182 Å². The maximum atomic E-state index is 12.8. The van der Waals surface area contributed by atoms with Crippen LogP contribution >= 0.6 is 23.2 Å². The van der Waals surface area contributed by atoms with E-state index in [1.165, 1.54) is 12.1 Å². The standard InChI is InChI=1S/C27H27N5O2.C19H18N4O3.C8H4Cl2N2.C8H11N.C7H7NO2.C4H9NO/c1-18-6-5-7-19(2)24(18)30-26(33)20-10-12-21(13-11-20)28-27-29-23-9-4-3-8-22(23)25(31-27)32-14-16-34-17-15-32;24-18(25)13-5-7-14(8-6-13)20-19-21-16-4-2-1-3-15(16)17(22-19)23-9-11-26-12-10-23;9-7-5-3-1-2-4-6(5)11-8(10)12-7;1-6-4-3-5-7(2)8(6)9;8-6-3-1-5(2-4-6)7(9)10;1-3-6-4-2-5-1/h3-13H,14-17H2,1-2H3,(H,30,33)(H,28,29,31);1-8H,9-12H2,(H,24,25)(H,20,21,22);1-4H;3-5H,9H2,1-2H3;1-4H,8H2,(H,9,10);5H,1-4H2. The fraction of sp³-hybridized carbons (Fsp3) is 0.219. The second kappa shape index (κ2) is 35.2. The Morgan fingerprint density at radius 1 is 0.454 bits per heavy atom. The minimum absolute atomic E-state index is 0.138. The number of rotatable bonds is 10. The zero-order chi connectivity index (χ0) is 68.6. The fourth-order valence-corrected chi connectivity index (χ4v) is 10.6. The normalized spacial score (nSPS) is 13.3. The van der Waals surface area contributed by atoms with E-state index in [-0.39, 0.29) is 22.3 Å². The van der Waals surface area contributed by atoms with E-state index in [0.29, 0.717) is 54.7 Å². The Labute approximate surface area is 572 Å². The van der Waals surface area contributed by atoms with Crippen molar-refractivity contribution in [2.75, 3.05) is 116 Å². The van der Waals surface area contributed by atoms with Crippen molar-refractivity contribution >= 4 is 126 Å². The monoisotopic (exact) mass is 1350 g/mol. The number of nitrogens with zero attached hydrogens (tertiary/aromatic N) is 8. The number of amides is 1. The number of aromatic carboxylic acids is 2. The molecular weight excluding hydrogens is 1270 g/mol. The van der Waals surface area contributed by atoms with Crippen LogP contribution in [-0.4, -0.2) is 137 Å². The molecule has 10 N–H and O–H groups in total. The Morgan fingerprint density at radius 2 is 0.845 bits per heavy atom. The number of fused-ring (bicyclic) bond motifs is 3. The summed E-state index contributed by atoms with van der Waals surface area (Å²) in [5, 5.41) is 33.5. The van der Waals surface area contributed by atoms with Crippen LogP contribution in [0.5, 0.6) is 0 Å². The number of carboxylic acids is 2. The van der Waals surface area contributed by atoms with Gasteiger partial charge in [-0.3, -0.25) is 4.79 Å². The molecule has 14 rings (SSSR count). The van der Waals surface area contributed by atoms with Gasteiger partial charge in [-0.1, -0.05) is 84.4 Å². The van der Waals surface area contributed by atoms with Crippen molar-refractivity contribution in [2.45, 2.75) is 27.7 Å². The van der Waals surface area contributed by atoms with Gasteiger partial charge in [-0.15, -0.1) is 0 Å². The van der Waals surface area contributed by atoms with Crippen molar-refractivity contribution in [2.24, 2.45) is 0 Å². The second-order valence-corrected chi connectivity index (χ2v) is 23.0. The predicted octanol–water partition coefficient (Wildman–Crippen LogP) is 13.4. The maximum absolute atomic E-state index is 12.8. The van der Waals surface area contributed by atoms with Crippen LogP contribution in [0.2, 0.25) is 10.4 Å². The number of anilines is 9. The summed E-state index contributed by atoms with van der Waals surface area (Å²) < 4.78 is 16.0. The zero-order valence-corrected chi connectivity index (χ0v) is 55.6. The number of hydrogen-bond donors (Lipinski definition) is 8. The smallest absolute Gasteiger partial charge is 0.335 e. The molecule has 3 aliphatic heterocycles. The highest BCUT2D eigenvalue weighted by atomic mass is 35.5. The number of nitrogen functional groups attached to an aromatic ring is 2. The first-order valence-electron chi connectivity index (χ1n) is 31.3. The number of halogens is 2. The van der Waals surface area contributed by atoms with Gasteiger partial charge in [0.25, 0.3) is 5.91 Å². The van der Waals surface area contributed by atoms with Crippen LogP contribution < -0.4 is 42.5 Å². The summed E-state index contributed by atoms with van der Waals surface area (Å²) >= 11 is 11.4. The summed E-state index contributed by atoms with van der Waals surface area (Å²) in [6, 6.07) is 55.3. The highest BCUT2D eigenvalue weighted by Crippen LogP contribution is 2.30. The number of carboxylic acid groups (broad SMARTS) is 2. The molecule has 0 saturated carbocycles. The van der Waals surface area contributed by atoms with Crippen LogP contribution in [0, 0.1) is 27.7 Å². The van der Waals surface area contributed by atoms with Crippen LogP contribution in [0.25, 0.3) is 32.7 Å². The van der Waals surface area contributed by atoms with Gasteiger partial charge in [0.1, 0.15) is 16.8 Å². The topological polar surface area (TPSA) is 303 Å². The van der Waals surface area contributed by atoms with Crippen molar-refractivity contribution in [1.29, 1.82) is 0 Å². The zero-order valence-electron chi connectivity index (χ0n) is 54.1. The number of carbonyl (C=O) groups is 3. The van der Waals surface area contributed by atoms with E-state index in [4.69, 9.17) is 74.0 Å². The van der Waals surface area contributed by atoms with Crippen LogP contribution in [0.4, 0.5) is 52.0 Å². The van der Waals surface area contributed by atoms with Crippen molar-refractivity contribution in [3.8, 4) is 0 Å². The fourth-order valence-electron chi connectivity index (χ4n) is 10.1. The largest absolute Gasteiger partial charge is 0.478 e. The summed E-state index contributed by atoms with van der Waals surface area (Å²) in [4.78, 5) is 65.1. The molecule has 500 valence electrons. The van der Waals surface area contributed by atoms with Gasteiger partial charge >= 0.3 is 11.9 Å². The van der Waals surface area contributed by atoms with E-state index in [0.717, 1.165) is 142 Å². The number of morpholine rings is 3. The molecule has 24 heteroatoms. The molecule has 3 aliphatic rings. The SMILES string of the molecule is C1COCCN1.Cc1cccc(C)c1N.Cc1cccc(C)c1NC(=O)c1ccc(Nc2nc(N3CCOCC3)c3ccccc3n2)cc1.Clc1nc(Cl)c2ccccc2n1.Nc1ccc(C(=O)O)cc1.O=C(O)c1ccc(Nc2nc(N3CCOCC3)c3ccccc3n2)cc1. The molecular formula is C73H76Cl2N14O8. The Kier molecular flexibility index (Phi) is 25.7. The molecule has 97 heavy (non-hydrogen) atoms. The number of ether oxygens (including phenoxy) is 3. The molecule has 1 amide bonds. The molecule has 3 saturated heterocycles. The quantitative estimate of drug-likeness (QED) is 0.0358. The number of hydrogen-bond acceptors (Lipinski definition) is 19. The number of aryl methyl sites for hydroxylation is 4. The van der Waals surface area contributed by atoms with E-state index in [2.05, 4.69) is 46.0 Å². The molecule has 0 atom stereocenters. The molecule has 3 fully saturated rings. The van der Waals surface area contributed by atoms with Gasteiger partial charge in [0.15, 0.2) is 0 Å². The lowest BCUT2D eigenvalue weighted by molar-refractivity contribution is 0.0686. The van der Waals surface area contributed by atoms with Gasteiger partial charge in [0.2, 0.25) is 17.2 Å². The van der Waals surface area contributed by atoms with Crippen LogP contribution in [0.1, 0.15) is 53.3 Å². The Hall–Kier alpha value is -10.6. The van der Waals surface area contributed by atoms with Crippen molar-refractivity contribution in [3.63, 3.8) is 0 Å². The summed E-state index contributed by atoms with van der Waals surface area (Å²) in [7, 11) is 0. The maximum Gasteiger partial charge on any atom is 0.335 e. The highest BCUT2D eigenvalue weighted by Gasteiger charge is 2.20. The average Bonchev–Trinajstić information content (AvgIpc) is 0.822. The minimum atomic E-state index is -0.951. The molecule has 11 aromatic rings. The van der Waals surface area contributed by atoms with Gasteiger partial charge in [0.05, 0.1) is 67.3 Å². The van der Waals surface area contributed by atoms with Crippen molar-refractivity contribution < 1.29 is 38.8 Å². The summed E-state index contributed by atoms with van der Waals surface area (Å²) in [6.07, 6.45) is 0. The minimum Gasteiger partial charge on any atom is -0.478 e. The van der Waals surface area contributed by atoms with E-state index in [9.17, 15) is 14.4 Å². The number of aromatic nitrogens is 6. The predicted molar refractivity (Wildman–Crippen MR) is 387 cm³/mol. The molecule has 0 aliphatic carbocycles. The van der Waals surface area contributed by atoms with Gasteiger partial charge in [-0.05, 0) is 171 Å². The van der Waals surface area contributed by atoms with E-state index >= 15 is 0 Å². The summed E-state index contributed by atoms with van der Waals surface area (Å²) in [6.45, 7) is 17.7. The molecule has 0 radical (unpaired) electrons. The third kappa shape index (κ3) is 20.5. The Morgan fingerprint density at radius 3 is 1.26 bits per heavy atom. The van der Waals surface area contributed by atoms with Crippen molar-refractivity contribution in [1.82, 2.24) is 35.2 Å². The number of nitrogens with one attached hydrogen (secondary N) is 4. The Balaban J connectivity index is 0.000000152. The number of nitrogens with two attached hydrogens (primary N) is 2. The second-order valence-electron chi connectivity index (χ2n) is 22.3. The van der Waals surface area contributed by atoms with Gasteiger partial charge in [-0.2, -0.15) is 9.97 Å². The first kappa shape index (κ1) is 70.7. The molecule has 0 unspecified atom stereocenters. The summed E-state index contributed by atoms with van der Waals surface area (Å²) in [5.74, 6) is 0.763. The van der Waals surface area contributed by atoms with Gasteiger partial charge < -0.3 is 67.0 Å². The van der Waals surface area contributed by atoms with Gasteiger partial charge in [-0.25, -0.2) is 29.5 Å². The number of carbonyl (C=O) groups excluding carboxylic acids is 1.